The Bertz CT molecular complexity index is 1020. The first-order chi connectivity index (χ1) is 14.1. The molecule has 29 heavy (non-hydrogen) atoms. The highest BCUT2D eigenvalue weighted by Gasteiger charge is 2.23. The van der Waals surface area contributed by atoms with Crippen molar-refractivity contribution in [3.63, 3.8) is 0 Å². The average molecular weight is 395 g/mol. The van der Waals surface area contributed by atoms with Crippen LogP contribution in [-0.2, 0) is 11.3 Å². The minimum atomic E-state index is -0.147. The molecular weight excluding hydrogens is 370 g/mol. The number of anilines is 1. The fourth-order valence-electron chi connectivity index (χ4n) is 3.71. The van der Waals surface area contributed by atoms with Crippen LogP contribution in [0.5, 0.6) is 0 Å². The minimum absolute atomic E-state index is 0.0174. The van der Waals surface area contributed by atoms with Crippen molar-refractivity contribution in [2.24, 2.45) is 0 Å². The molecule has 1 aliphatic rings. The highest BCUT2D eigenvalue weighted by atomic mass is 16.5. The van der Waals surface area contributed by atoms with Crippen molar-refractivity contribution in [2.75, 3.05) is 31.7 Å². The van der Waals surface area contributed by atoms with E-state index in [4.69, 9.17) is 4.74 Å². The predicted octanol–water partition coefficient (Wildman–Crippen LogP) is 1.77. The largest absolute Gasteiger partial charge is 0.383 e. The van der Waals surface area contributed by atoms with Gasteiger partial charge in [-0.2, -0.15) is 5.10 Å². The summed E-state index contributed by atoms with van der Waals surface area (Å²) in [6.07, 6.45) is 1.85. The van der Waals surface area contributed by atoms with Gasteiger partial charge in [0, 0.05) is 43.2 Å². The summed E-state index contributed by atoms with van der Waals surface area (Å²) >= 11 is 0. The van der Waals surface area contributed by atoms with Gasteiger partial charge in [0.2, 0.25) is 0 Å². The summed E-state index contributed by atoms with van der Waals surface area (Å²) in [5.74, 6) is 0.635. The fourth-order valence-corrected chi connectivity index (χ4v) is 3.71. The van der Waals surface area contributed by atoms with Gasteiger partial charge in [-0.05, 0) is 31.0 Å². The Morgan fingerprint density at radius 3 is 3.00 bits per heavy atom. The Hall–Kier alpha value is -3.13. The van der Waals surface area contributed by atoms with Gasteiger partial charge < -0.3 is 19.9 Å². The van der Waals surface area contributed by atoms with Crippen LogP contribution in [0.1, 0.15) is 23.3 Å². The first-order valence-electron chi connectivity index (χ1n) is 9.85. The van der Waals surface area contributed by atoms with Crippen LogP contribution in [0.15, 0.2) is 47.3 Å². The summed E-state index contributed by atoms with van der Waals surface area (Å²) in [6, 6.07) is 13.0. The summed E-state index contributed by atoms with van der Waals surface area (Å²) in [6.45, 7) is 2.34. The number of para-hydroxylation sites is 1. The number of ether oxygens (including phenoxy) is 1. The Balaban J connectivity index is 1.44. The van der Waals surface area contributed by atoms with Crippen molar-refractivity contribution in [2.45, 2.75) is 25.4 Å². The van der Waals surface area contributed by atoms with Gasteiger partial charge in [-0.3, -0.25) is 9.59 Å². The lowest BCUT2D eigenvalue weighted by Crippen LogP contribution is -2.48. The lowest BCUT2D eigenvalue weighted by Gasteiger charge is -2.33. The molecule has 152 valence electrons. The summed E-state index contributed by atoms with van der Waals surface area (Å²) in [7, 11) is 1.60. The summed E-state index contributed by atoms with van der Waals surface area (Å²) in [5.41, 5.74) is 1.37. The predicted molar refractivity (Wildman–Crippen MR) is 111 cm³/mol. The van der Waals surface area contributed by atoms with Crippen LogP contribution < -0.4 is 15.8 Å². The maximum Gasteiger partial charge on any atom is 0.268 e. The molecule has 1 atom stereocenters. The minimum Gasteiger partial charge on any atom is -0.383 e. The third kappa shape index (κ3) is 4.32. The lowest BCUT2D eigenvalue weighted by molar-refractivity contribution is 0.0929. The van der Waals surface area contributed by atoms with Gasteiger partial charge in [0.15, 0.2) is 0 Å². The molecule has 4 rings (SSSR count). The number of amides is 1. The second kappa shape index (κ2) is 8.48. The molecule has 1 amide bonds. The van der Waals surface area contributed by atoms with Gasteiger partial charge in [-0.25, -0.2) is 4.68 Å². The van der Waals surface area contributed by atoms with E-state index in [1.54, 1.807) is 13.2 Å². The number of methoxy groups -OCH3 is 1. The number of benzene rings is 1. The number of fused-ring (bicyclic) bond motifs is 1. The molecule has 0 bridgehead atoms. The number of hydrogen-bond donors (Lipinski definition) is 2. The number of aromatic amines is 1. The second-order valence-corrected chi connectivity index (χ2v) is 7.27. The quantitative estimate of drug-likeness (QED) is 0.664. The highest BCUT2D eigenvalue weighted by molar-refractivity contribution is 5.98. The molecule has 0 radical (unpaired) electrons. The number of nitrogens with one attached hydrogen (secondary N) is 2. The number of aromatic nitrogens is 3. The van der Waals surface area contributed by atoms with Gasteiger partial charge in [0.25, 0.3) is 11.5 Å². The molecule has 2 N–H and O–H groups in total. The molecule has 3 heterocycles. The van der Waals surface area contributed by atoms with E-state index in [0.29, 0.717) is 25.4 Å². The van der Waals surface area contributed by atoms with Crippen molar-refractivity contribution in [1.82, 2.24) is 20.1 Å². The van der Waals surface area contributed by atoms with Crippen molar-refractivity contribution in [1.29, 1.82) is 0 Å². The third-order valence-corrected chi connectivity index (χ3v) is 5.21. The summed E-state index contributed by atoms with van der Waals surface area (Å²) in [5, 5.41) is 8.61. The smallest absolute Gasteiger partial charge is 0.268 e. The SMILES string of the molecule is COCCn1nc(N2CCCC(NC(=O)c3cc4ccccc4[nH]3)C2)ccc1=O. The second-order valence-electron chi connectivity index (χ2n) is 7.27. The lowest BCUT2D eigenvalue weighted by atomic mass is 10.1. The molecule has 3 aromatic rings. The van der Waals surface area contributed by atoms with Crippen LogP contribution in [0.2, 0.25) is 0 Å². The molecule has 8 heteroatoms. The third-order valence-electron chi connectivity index (χ3n) is 5.21. The molecule has 0 aliphatic carbocycles. The Morgan fingerprint density at radius 1 is 1.31 bits per heavy atom. The molecule has 1 aromatic carbocycles. The van der Waals surface area contributed by atoms with E-state index in [2.05, 4.69) is 20.3 Å². The number of H-pyrrole nitrogens is 1. The standard InChI is InChI=1S/C21H25N5O3/c1-29-12-11-26-20(27)9-8-19(24-26)25-10-4-6-16(14-25)22-21(28)18-13-15-5-2-3-7-17(15)23-18/h2-3,5,7-9,13,16,23H,4,6,10-12,14H2,1H3,(H,22,28). The van der Waals surface area contributed by atoms with Crippen molar-refractivity contribution in [3.8, 4) is 0 Å². The maximum absolute atomic E-state index is 12.7. The van der Waals surface area contributed by atoms with Crippen LogP contribution in [0, 0.1) is 0 Å². The Kier molecular flexibility index (Phi) is 5.62. The number of hydrogen-bond acceptors (Lipinski definition) is 5. The first kappa shape index (κ1) is 19.2. The van der Waals surface area contributed by atoms with Crippen LogP contribution in [-0.4, -0.2) is 53.5 Å². The molecule has 8 nitrogen and oxygen atoms in total. The van der Waals surface area contributed by atoms with E-state index >= 15 is 0 Å². The monoisotopic (exact) mass is 395 g/mol. The van der Waals surface area contributed by atoms with E-state index in [9.17, 15) is 9.59 Å². The van der Waals surface area contributed by atoms with Crippen molar-refractivity contribution >= 4 is 22.6 Å². The molecule has 1 fully saturated rings. The summed E-state index contributed by atoms with van der Waals surface area (Å²) in [4.78, 5) is 30.0. The number of carbonyl (C=O) groups excluding carboxylic acids is 1. The zero-order valence-corrected chi connectivity index (χ0v) is 16.4. The van der Waals surface area contributed by atoms with E-state index in [1.807, 2.05) is 30.3 Å². The van der Waals surface area contributed by atoms with Crippen LogP contribution in [0.3, 0.4) is 0 Å². The molecule has 0 spiro atoms. The first-order valence-corrected chi connectivity index (χ1v) is 9.85. The van der Waals surface area contributed by atoms with E-state index in [0.717, 1.165) is 36.1 Å². The summed E-state index contributed by atoms with van der Waals surface area (Å²) < 4.78 is 6.47. The van der Waals surface area contributed by atoms with E-state index < -0.39 is 0 Å². The number of piperidine rings is 1. The highest BCUT2D eigenvalue weighted by Crippen LogP contribution is 2.18. The molecular formula is C21H25N5O3. The van der Waals surface area contributed by atoms with Crippen LogP contribution in [0.4, 0.5) is 5.82 Å². The van der Waals surface area contributed by atoms with Gasteiger partial charge >= 0.3 is 0 Å². The zero-order chi connectivity index (χ0) is 20.2. The molecule has 1 aliphatic heterocycles. The van der Waals surface area contributed by atoms with Crippen molar-refractivity contribution < 1.29 is 9.53 Å². The molecule has 0 saturated carbocycles. The molecule has 1 saturated heterocycles. The van der Waals surface area contributed by atoms with Gasteiger partial charge in [-0.1, -0.05) is 18.2 Å². The van der Waals surface area contributed by atoms with Crippen molar-refractivity contribution in [3.05, 3.63) is 58.5 Å². The van der Waals surface area contributed by atoms with Crippen LogP contribution >= 0.6 is 0 Å². The molecule has 1 unspecified atom stereocenters. The topological polar surface area (TPSA) is 92.2 Å². The number of nitrogens with zero attached hydrogens (tertiary/aromatic N) is 3. The van der Waals surface area contributed by atoms with Crippen LogP contribution in [0.25, 0.3) is 10.9 Å². The molecule has 2 aromatic heterocycles. The number of carbonyl (C=O) groups is 1. The van der Waals surface area contributed by atoms with Gasteiger partial charge in [0.05, 0.1) is 13.2 Å². The maximum atomic E-state index is 12.7. The van der Waals surface area contributed by atoms with Gasteiger partial charge in [-0.15, -0.1) is 0 Å². The Morgan fingerprint density at radius 2 is 2.17 bits per heavy atom. The number of rotatable bonds is 6. The average Bonchev–Trinajstić information content (AvgIpc) is 3.18. The van der Waals surface area contributed by atoms with E-state index in [1.165, 1.54) is 10.7 Å². The normalized spacial score (nSPS) is 16.9. The fraction of sp³-hybridized carbons (Fsp3) is 0.381. The van der Waals surface area contributed by atoms with Gasteiger partial charge in [0.1, 0.15) is 11.5 Å². The zero-order valence-electron chi connectivity index (χ0n) is 16.4. The van der Waals surface area contributed by atoms with E-state index in [-0.39, 0.29) is 17.5 Å². The Labute approximate surface area is 168 Å².